The summed E-state index contributed by atoms with van der Waals surface area (Å²) in [6.45, 7) is 6.06. The third-order valence-electron chi connectivity index (χ3n) is 5.31. The molecule has 0 saturated carbocycles. The molecule has 1 aliphatic rings. The van der Waals surface area contributed by atoms with Gasteiger partial charge in [-0.25, -0.2) is 8.42 Å². The van der Waals surface area contributed by atoms with E-state index in [1.807, 2.05) is 19.1 Å². The number of carbonyl (C=O) groups is 1. The predicted molar refractivity (Wildman–Crippen MR) is 113 cm³/mol. The number of nitrogens with one attached hydrogen (secondary N) is 1. The highest BCUT2D eigenvalue weighted by atomic mass is 32.2. The quantitative estimate of drug-likeness (QED) is 0.558. The van der Waals surface area contributed by atoms with Gasteiger partial charge in [0.25, 0.3) is 11.6 Å². The molecule has 1 fully saturated rings. The summed E-state index contributed by atoms with van der Waals surface area (Å²) in [4.78, 5) is 23.1. The molecular formula is C21H25N3O5S. The first kappa shape index (κ1) is 21.9. The average Bonchev–Trinajstić information content (AvgIpc) is 3.14. The summed E-state index contributed by atoms with van der Waals surface area (Å²) in [5, 5.41) is 13.6. The monoisotopic (exact) mass is 431 g/mol. The van der Waals surface area contributed by atoms with E-state index < -0.39 is 20.9 Å². The van der Waals surface area contributed by atoms with Gasteiger partial charge in [-0.2, -0.15) is 4.31 Å². The maximum atomic E-state index is 13.4. The van der Waals surface area contributed by atoms with Crippen LogP contribution in [0.5, 0.6) is 0 Å². The van der Waals surface area contributed by atoms with Crippen LogP contribution >= 0.6 is 0 Å². The van der Waals surface area contributed by atoms with Crippen LogP contribution in [0.4, 0.5) is 5.69 Å². The van der Waals surface area contributed by atoms with Crippen molar-refractivity contribution in [3.8, 4) is 0 Å². The molecule has 2 aromatic carbocycles. The highest BCUT2D eigenvalue weighted by Gasteiger charge is 2.37. The molecule has 160 valence electrons. The van der Waals surface area contributed by atoms with Crippen molar-refractivity contribution in [2.75, 3.05) is 13.1 Å². The van der Waals surface area contributed by atoms with Gasteiger partial charge >= 0.3 is 0 Å². The minimum atomic E-state index is -3.70. The summed E-state index contributed by atoms with van der Waals surface area (Å²) < 4.78 is 28.2. The molecule has 1 heterocycles. The minimum Gasteiger partial charge on any atom is -0.350 e. The fourth-order valence-electron chi connectivity index (χ4n) is 4.09. The average molecular weight is 432 g/mol. The van der Waals surface area contributed by atoms with Gasteiger partial charge in [0.2, 0.25) is 10.0 Å². The van der Waals surface area contributed by atoms with Gasteiger partial charge in [-0.15, -0.1) is 0 Å². The van der Waals surface area contributed by atoms with Crippen LogP contribution < -0.4 is 5.32 Å². The summed E-state index contributed by atoms with van der Waals surface area (Å²) >= 11 is 0. The fourth-order valence-corrected chi connectivity index (χ4v) is 6.20. The molecule has 8 nitrogen and oxygen atoms in total. The standard InChI is InChI=1S/C21H25N3O5S/c1-14-10-15(2)20(16(3)11-14)30(28,29)23-9-5-8-19(23)13-22-21(25)17-6-4-7-18(12-17)24(26)27/h4,6-7,10-12,19H,5,8-9,13H2,1-3H3,(H,22,25). The van der Waals surface area contributed by atoms with E-state index in [0.717, 1.165) is 5.56 Å². The summed E-state index contributed by atoms with van der Waals surface area (Å²) in [5.74, 6) is -0.467. The third-order valence-corrected chi connectivity index (χ3v) is 7.57. The molecule has 1 atom stereocenters. The van der Waals surface area contributed by atoms with Crippen LogP contribution in [0.3, 0.4) is 0 Å². The van der Waals surface area contributed by atoms with Crippen LogP contribution in [0.1, 0.15) is 39.9 Å². The van der Waals surface area contributed by atoms with Crippen molar-refractivity contribution >= 4 is 21.6 Å². The molecule has 1 saturated heterocycles. The van der Waals surface area contributed by atoms with E-state index in [2.05, 4.69) is 5.32 Å². The van der Waals surface area contributed by atoms with Crippen LogP contribution in [0.25, 0.3) is 0 Å². The number of benzene rings is 2. The van der Waals surface area contributed by atoms with Crippen molar-refractivity contribution < 1.29 is 18.1 Å². The van der Waals surface area contributed by atoms with Crippen molar-refractivity contribution in [3.63, 3.8) is 0 Å². The summed E-state index contributed by atoms with van der Waals surface area (Å²) in [6.07, 6.45) is 1.35. The number of rotatable bonds is 6. The highest BCUT2D eigenvalue weighted by Crippen LogP contribution is 2.30. The Kier molecular flexibility index (Phi) is 6.23. The Morgan fingerprint density at radius 1 is 1.20 bits per heavy atom. The molecule has 30 heavy (non-hydrogen) atoms. The van der Waals surface area contributed by atoms with E-state index in [1.54, 1.807) is 13.8 Å². The molecule has 1 unspecified atom stereocenters. The van der Waals surface area contributed by atoms with Gasteiger partial charge in [0.1, 0.15) is 0 Å². The summed E-state index contributed by atoms with van der Waals surface area (Å²) in [5.41, 5.74) is 2.42. The number of nitrogens with zero attached hydrogens (tertiary/aromatic N) is 2. The van der Waals surface area contributed by atoms with E-state index in [4.69, 9.17) is 0 Å². The number of sulfonamides is 1. The molecule has 1 aliphatic heterocycles. The number of nitro benzene ring substituents is 1. The van der Waals surface area contributed by atoms with Crippen molar-refractivity contribution in [1.29, 1.82) is 0 Å². The van der Waals surface area contributed by atoms with Crippen molar-refractivity contribution in [1.82, 2.24) is 9.62 Å². The molecule has 0 spiro atoms. The second-order valence-electron chi connectivity index (χ2n) is 7.66. The van der Waals surface area contributed by atoms with Crippen LogP contribution in [-0.4, -0.2) is 42.7 Å². The highest BCUT2D eigenvalue weighted by molar-refractivity contribution is 7.89. The lowest BCUT2D eigenvalue weighted by Crippen LogP contribution is -2.43. The molecule has 1 amide bonds. The normalized spacial score (nSPS) is 17.1. The largest absolute Gasteiger partial charge is 0.350 e. The summed E-state index contributed by atoms with van der Waals surface area (Å²) in [7, 11) is -3.70. The lowest BCUT2D eigenvalue weighted by atomic mass is 10.1. The molecule has 1 N–H and O–H groups in total. The van der Waals surface area contributed by atoms with Crippen molar-refractivity contribution in [2.45, 2.75) is 44.6 Å². The van der Waals surface area contributed by atoms with E-state index in [9.17, 15) is 23.3 Å². The molecule has 0 radical (unpaired) electrons. The Morgan fingerprint density at radius 2 is 1.87 bits per heavy atom. The number of amides is 1. The smallest absolute Gasteiger partial charge is 0.270 e. The van der Waals surface area contributed by atoms with Gasteiger partial charge in [0.15, 0.2) is 0 Å². The first-order valence-electron chi connectivity index (χ1n) is 9.73. The number of non-ortho nitro benzene ring substituents is 1. The second kappa shape index (κ2) is 8.53. The van der Waals surface area contributed by atoms with Gasteiger partial charge in [-0.1, -0.05) is 23.8 Å². The molecule has 3 rings (SSSR count). The van der Waals surface area contributed by atoms with Gasteiger partial charge in [-0.3, -0.25) is 14.9 Å². The summed E-state index contributed by atoms with van der Waals surface area (Å²) in [6, 6.07) is 8.81. The molecule has 2 aromatic rings. The first-order valence-corrected chi connectivity index (χ1v) is 11.2. The Balaban J connectivity index is 1.77. The van der Waals surface area contributed by atoms with Crippen LogP contribution in [-0.2, 0) is 10.0 Å². The third kappa shape index (κ3) is 4.36. The Morgan fingerprint density at radius 3 is 2.50 bits per heavy atom. The molecule has 0 aromatic heterocycles. The SMILES string of the molecule is Cc1cc(C)c(S(=O)(=O)N2CCCC2CNC(=O)c2cccc([N+](=O)[O-])c2)c(C)c1. The maximum Gasteiger partial charge on any atom is 0.270 e. The zero-order valence-electron chi connectivity index (χ0n) is 17.2. The fraction of sp³-hybridized carbons (Fsp3) is 0.381. The first-order chi connectivity index (χ1) is 14.1. The maximum absolute atomic E-state index is 13.4. The number of carbonyl (C=O) groups excluding carboxylic acids is 1. The lowest BCUT2D eigenvalue weighted by Gasteiger charge is -2.26. The van der Waals surface area contributed by atoms with Crippen LogP contribution in [0.2, 0.25) is 0 Å². The van der Waals surface area contributed by atoms with E-state index in [1.165, 1.54) is 28.6 Å². The molecular weight excluding hydrogens is 406 g/mol. The zero-order chi connectivity index (χ0) is 22.1. The van der Waals surface area contributed by atoms with Gasteiger partial charge in [-0.05, 0) is 50.8 Å². The number of hydrogen-bond donors (Lipinski definition) is 1. The molecule has 9 heteroatoms. The Labute approximate surface area is 176 Å². The molecule has 0 aliphatic carbocycles. The number of nitro groups is 1. The Bertz CT molecular complexity index is 1070. The molecule has 0 bridgehead atoms. The topological polar surface area (TPSA) is 110 Å². The lowest BCUT2D eigenvalue weighted by molar-refractivity contribution is -0.384. The second-order valence-corrected chi connectivity index (χ2v) is 9.48. The van der Waals surface area contributed by atoms with E-state index in [-0.39, 0.29) is 23.8 Å². The van der Waals surface area contributed by atoms with Crippen molar-refractivity contribution in [2.24, 2.45) is 0 Å². The van der Waals surface area contributed by atoms with Gasteiger partial charge < -0.3 is 5.32 Å². The predicted octanol–water partition coefficient (Wildman–Crippen LogP) is 3.10. The number of hydrogen-bond acceptors (Lipinski definition) is 5. The van der Waals surface area contributed by atoms with Gasteiger partial charge in [0, 0.05) is 36.8 Å². The van der Waals surface area contributed by atoms with Gasteiger partial charge in [0.05, 0.1) is 9.82 Å². The van der Waals surface area contributed by atoms with E-state index in [0.29, 0.717) is 35.4 Å². The van der Waals surface area contributed by atoms with Crippen LogP contribution in [0.15, 0.2) is 41.3 Å². The Hall–Kier alpha value is -2.78. The van der Waals surface area contributed by atoms with Crippen molar-refractivity contribution in [3.05, 3.63) is 68.8 Å². The van der Waals surface area contributed by atoms with Crippen LogP contribution in [0, 0.1) is 30.9 Å². The van der Waals surface area contributed by atoms with E-state index >= 15 is 0 Å². The number of aryl methyl sites for hydroxylation is 3. The minimum absolute atomic E-state index is 0.144. The zero-order valence-corrected chi connectivity index (χ0v) is 18.0.